The van der Waals surface area contributed by atoms with Crippen molar-refractivity contribution in [2.75, 3.05) is 12.3 Å². The van der Waals surface area contributed by atoms with Gasteiger partial charge in [0.1, 0.15) is 17.9 Å². The predicted molar refractivity (Wildman–Crippen MR) is 74.2 cm³/mol. The molecule has 4 atom stereocenters. The zero-order valence-corrected chi connectivity index (χ0v) is 12.5. The largest absolute Gasteiger partial charge is 0.376 e. The number of aliphatic hydroxyl groups excluding tert-OH is 1. The summed E-state index contributed by atoms with van der Waals surface area (Å²) in [7, 11) is 0. The van der Waals surface area contributed by atoms with Crippen LogP contribution in [0.2, 0.25) is 0 Å². The van der Waals surface area contributed by atoms with Crippen LogP contribution >= 0.6 is 11.8 Å². The Morgan fingerprint density at radius 1 is 1.56 bits per heavy atom. The summed E-state index contributed by atoms with van der Waals surface area (Å²) in [6, 6.07) is 0. The van der Waals surface area contributed by atoms with Gasteiger partial charge in [-0.25, -0.2) is 0 Å². The van der Waals surface area contributed by atoms with Crippen molar-refractivity contribution in [2.24, 2.45) is 5.73 Å². The molecule has 1 rings (SSSR count). The Morgan fingerprint density at radius 3 is 2.78 bits per heavy atom. The summed E-state index contributed by atoms with van der Waals surface area (Å²) in [6.45, 7) is 8.72. The minimum absolute atomic E-state index is 0.184. The molecule has 108 valence electrons. The highest BCUT2D eigenvalue weighted by molar-refractivity contribution is 8.00. The number of aliphatic hydroxyl groups is 1. The molecule has 6 heteroatoms. The van der Waals surface area contributed by atoms with E-state index >= 15 is 0 Å². The second-order valence-electron chi connectivity index (χ2n) is 5.16. The van der Waals surface area contributed by atoms with Crippen molar-refractivity contribution in [2.45, 2.75) is 63.7 Å². The number of thioether (sulfide) groups is 1. The second-order valence-corrected chi connectivity index (χ2v) is 6.53. The number of hydrogen-bond acceptors (Lipinski definition) is 6. The Balaban J connectivity index is 2.14. The summed E-state index contributed by atoms with van der Waals surface area (Å²) in [5, 5.41) is 12.5. The van der Waals surface area contributed by atoms with Gasteiger partial charge in [-0.15, -0.1) is 11.8 Å². The molecule has 5 nitrogen and oxygen atoms in total. The molecule has 1 saturated heterocycles. The molecule has 4 N–H and O–H groups in total. The maximum Gasteiger partial charge on any atom is 0.145 e. The zero-order chi connectivity index (χ0) is 13.8. The second kappa shape index (κ2) is 7.07. The van der Waals surface area contributed by atoms with Gasteiger partial charge in [0.2, 0.25) is 0 Å². The number of nitrogens with two attached hydrogens (primary N) is 1. The van der Waals surface area contributed by atoms with Crippen LogP contribution < -0.4 is 11.1 Å². The average Bonchev–Trinajstić information content (AvgIpc) is 2.96. The summed E-state index contributed by atoms with van der Waals surface area (Å²) >= 11 is 1.81. The van der Waals surface area contributed by atoms with Crippen LogP contribution in [-0.4, -0.2) is 47.0 Å². The molecular weight excluding hydrogens is 252 g/mol. The van der Waals surface area contributed by atoms with E-state index in [-0.39, 0.29) is 17.9 Å². The van der Waals surface area contributed by atoms with Crippen LogP contribution in [0.1, 0.15) is 34.1 Å². The first-order chi connectivity index (χ1) is 8.35. The van der Waals surface area contributed by atoms with E-state index in [4.69, 9.17) is 15.2 Å². The lowest BCUT2D eigenvalue weighted by Crippen LogP contribution is -2.41. The lowest BCUT2D eigenvalue weighted by Gasteiger charge is -2.30. The molecule has 0 amide bonds. The molecule has 0 spiro atoms. The van der Waals surface area contributed by atoms with Crippen molar-refractivity contribution < 1.29 is 14.6 Å². The van der Waals surface area contributed by atoms with Crippen molar-refractivity contribution in [3.8, 4) is 0 Å². The van der Waals surface area contributed by atoms with Crippen molar-refractivity contribution in [3.63, 3.8) is 0 Å². The molecule has 0 radical (unpaired) electrons. The van der Waals surface area contributed by atoms with Gasteiger partial charge in [0.15, 0.2) is 0 Å². The Kier molecular flexibility index (Phi) is 6.37. The molecule has 1 aliphatic heterocycles. The first-order valence-corrected chi connectivity index (χ1v) is 7.52. The maximum absolute atomic E-state index is 9.22. The van der Waals surface area contributed by atoms with E-state index in [1.165, 1.54) is 0 Å². The molecular formula is C12H26N2O3S. The van der Waals surface area contributed by atoms with E-state index in [1.807, 2.05) is 25.6 Å². The number of hydrogen-bond donors (Lipinski definition) is 3. The fraction of sp³-hybridized carbons (Fsp3) is 1.00. The van der Waals surface area contributed by atoms with Gasteiger partial charge in [0.05, 0.1) is 11.7 Å². The molecule has 0 bridgehead atoms. The monoisotopic (exact) mass is 278 g/mol. The Hall–Kier alpha value is 0.150. The smallest absolute Gasteiger partial charge is 0.145 e. The van der Waals surface area contributed by atoms with Gasteiger partial charge in [-0.05, 0) is 32.9 Å². The van der Waals surface area contributed by atoms with Crippen LogP contribution in [0.5, 0.6) is 0 Å². The molecule has 0 saturated carbocycles. The number of rotatable bonds is 9. The number of ether oxygens (including phenoxy) is 2. The van der Waals surface area contributed by atoms with Crippen LogP contribution in [-0.2, 0) is 9.47 Å². The van der Waals surface area contributed by atoms with Crippen LogP contribution in [0.4, 0.5) is 0 Å². The summed E-state index contributed by atoms with van der Waals surface area (Å²) in [5.74, 6) is 1.07. The molecule has 1 aliphatic rings. The van der Waals surface area contributed by atoms with Crippen molar-refractivity contribution in [3.05, 3.63) is 0 Å². The zero-order valence-electron chi connectivity index (χ0n) is 11.7. The van der Waals surface area contributed by atoms with Crippen LogP contribution in [0.3, 0.4) is 0 Å². The number of epoxide rings is 1. The molecule has 0 aromatic rings. The molecule has 1 heterocycles. The minimum Gasteiger partial charge on any atom is -0.376 e. The summed E-state index contributed by atoms with van der Waals surface area (Å²) < 4.78 is 11.2. The van der Waals surface area contributed by atoms with Crippen molar-refractivity contribution in [1.82, 2.24) is 5.32 Å². The molecule has 1 fully saturated rings. The van der Waals surface area contributed by atoms with E-state index in [9.17, 15) is 5.11 Å². The normalized spacial score (nSPS) is 27.0. The van der Waals surface area contributed by atoms with E-state index in [0.29, 0.717) is 5.44 Å². The molecule has 0 aliphatic carbocycles. The minimum atomic E-state index is -0.936. The third-order valence-corrected chi connectivity index (χ3v) is 3.86. The SMILES string of the molecule is CCSC1OC1NCCC(C)(C)OC(C)C(N)O. The van der Waals surface area contributed by atoms with Gasteiger partial charge in [0, 0.05) is 6.54 Å². The van der Waals surface area contributed by atoms with Gasteiger partial charge in [-0.3, -0.25) is 5.32 Å². The van der Waals surface area contributed by atoms with Gasteiger partial charge >= 0.3 is 0 Å². The first-order valence-electron chi connectivity index (χ1n) is 6.47. The third-order valence-electron chi connectivity index (χ3n) is 2.84. The quantitative estimate of drug-likeness (QED) is 0.429. The Morgan fingerprint density at radius 2 is 2.22 bits per heavy atom. The van der Waals surface area contributed by atoms with Crippen LogP contribution in [0.25, 0.3) is 0 Å². The highest BCUT2D eigenvalue weighted by Gasteiger charge is 2.38. The van der Waals surface area contributed by atoms with Crippen LogP contribution in [0, 0.1) is 0 Å². The highest BCUT2D eigenvalue weighted by Crippen LogP contribution is 2.30. The maximum atomic E-state index is 9.22. The standard InChI is InChI=1S/C12H26N2O3S/c1-5-18-11-10(16-11)14-7-6-12(3,4)17-8(2)9(13)15/h8-11,14-15H,5-7,13H2,1-4H3. The molecule has 4 unspecified atom stereocenters. The Bertz CT molecular complexity index is 251. The Labute approximate surface area is 114 Å². The van der Waals surface area contributed by atoms with Crippen LogP contribution in [0.15, 0.2) is 0 Å². The van der Waals surface area contributed by atoms with E-state index in [2.05, 4.69) is 12.2 Å². The highest BCUT2D eigenvalue weighted by atomic mass is 32.2. The van der Waals surface area contributed by atoms with Gasteiger partial charge in [-0.2, -0.15) is 0 Å². The summed E-state index contributed by atoms with van der Waals surface area (Å²) in [4.78, 5) is 0. The van der Waals surface area contributed by atoms with E-state index < -0.39 is 6.23 Å². The first kappa shape index (κ1) is 16.2. The fourth-order valence-electron chi connectivity index (χ4n) is 1.68. The predicted octanol–water partition coefficient (Wildman–Crippen LogP) is 0.862. The molecule has 0 aromatic heterocycles. The lowest BCUT2D eigenvalue weighted by atomic mass is 10.0. The molecule has 18 heavy (non-hydrogen) atoms. The summed E-state index contributed by atoms with van der Waals surface area (Å²) in [5.41, 5.74) is 5.37. The van der Waals surface area contributed by atoms with Gasteiger partial charge < -0.3 is 20.3 Å². The average molecular weight is 278 g/mol. The summed E-state index contributed by atoms with van der Waals surface area (Å²) in [6.07, 6.45) is -0.272. The fourth-order valence-corrected chi connectivity index (χ4v) is 2.48. The topological polar surface area (TPSA) is 80.0 Å². The van der Waals surface area contributed by atoms with E-state index in [0.717, 1.165) is 18.7 Å². The van der Waals surface area contributed by atoms with E-state index in [1.54, 1.807) is 6.92 Å². The number of nitrogens with one attached hydrogen (secondary N) is 1. The van der Waals surface area contributed by atoms with Crippen molar-refractivity contribution >= 4 is 11.8 Å². The molecule has 0 aromatic carbocycles. The van der Waals surface area contributed by atoms with Gasteiger partial charge in [0.25, 0.3) is 0 Å². The third kappa shape index (κ3) is 5.86. The van der Waals surface area contributed by atoms with Gasteiger partial charge in [-0.1, -0.05) is 6.92 Å². The van der Waals surface area contributed by atoms with Crippen molar-refractivity contribution in [1.29, 1.82) is 0 Å². The lowest BCUT2D eigenvalue weighted by molar-refractivity contribution is -0.111.